The number of rotatable bonds is 7. The number of amides is 1. The molecule has 0 aliphatic carbocycles. The lowest BCUT2D eigenvalue weighted by Crippen LogP contribution is -2.13. The molecule has 0 bridgehead atoms. The van der Waals surface area contributed by atoms with Crippen LogP contribution in [-0.2, 0) is 11.4 Å². The maximum absolute atomic E-state index is 12.5. The average molecular weight is 453 g/mol. The summed E-state index contributed by atoms with van der Waals surface area (Å²) in [7, 11) is 1.53. The van der Waals surface area contributed by atoms with Gasteiger partial charge in [0.05, 0.1) is 22.8 Å². The largest absolute Gasteiger partial charge is 0.493 e. The van der Waals surface area contributed by atoms with Gasteiger partial charge in [0, 0.05) is 0 Å². The number of halogens is 2. The lowest BCUT2D eigenvalue weighted by molar-refractivity contribution is -0.112. The van der Waals surface area contributed by atoms with Gasteiger partial charge in [-0.3, -0.25) is 4.79 Å². The van der Waals surface area contributed by atoms with E-state index in [9.17, 15) is 10.1 Å². The molecule has 156 valence electrons. The van der Waals surface area contributed by atoms with Crippen LogP contribution < -0.4 is 14.8 Å². The topological polar surface area (TPSA) is 71.3 Å². The second kappa shape index (κ2) is 10.5. The van der Waals surface area contributed by atoms with Gasteiger partial charge < -0.3 is 14.8 Å². The number of carbonyl (C=O) groups excluding carboxylic acids is 1. The number of ether oxygens (including phenoxy) is 2. The minimum atomic E-state index is -0.602. The lowest BCUT2D eigenvalue weighted by Gasteiger charge is -2.12. The third kappa shape index (κ3) is 5.79. The molecule has 0 radical (unpaired) electrons. The fourth-order valence-electron chi connectivity index (χ4n) is 2.73. The van der Waals surface area contributed by atoms with Crippen molar-refractivity contribution >= 4 is 40.9 Å². The molecule has 0 atom stereocenters. The van der Waals surface area contributed by atoms with Crippen LogP contribution in [0.1, 0.15) is 11.1 Å². The zero-order valence-corrected chi connectivity index (χ0v) is 18.1. The van der Waals surface area contributed by atoms with Gasteiger partial charge in [0.25, 0.3) is 5.91 Å². The molecule has 0 aliphatic heterocycles. The first-order chi connectivity index (χ1) is 15.0. The molecule has 3 aromatic rings. The normalized spacial score (nSPS) is 10.8. The summed E-state index contributed by atoms with van der Waals surface area (Å²) in [5, 5.41) is 12.6. The predicted molar refractivity (Wildman–Crippen MR) is 122 cm³/mol. The Labute approximate surface area is 190 Å². The van der Waals surface area contributed by atoms with Gasteiger partial charge in [0.15, 0.2) is 11.5 Å². The molecule has 0 unspecified atom stereocenters. The van der Waals surface area contributed by atoms with E-state index in [0.717, 1.165) is 5.56 Å². The van der Waals surface area contributed by atoms with Crippen LogP contribution in [0.4, 0.5) is 5.69 Å². The summed E-state index contributed by atoms with van der Waals surface area (Å²) >= 11 is 12.1. The van der Waals surface area contributed by atoms with E-state index in [1.165, 1.54) is 13.2 Å². The van der Waals surface area contributed by atoms with Gasteiger partial charge in [-0.1, -0.05) is 65.7 Å². The van der Waals surface area contributed by atoms with Crippen molar-refractivity contribution in [1.82, 2.24) is 0 Å². The highest BCUT2D eigenvalue weighted by Crippen LogP contribution is 2.31. The van der Waals surface area contributed by atoms with E-state index in [-0.39, 0.29) is 10.6 Å². The highest BCUT2D eigenvalue weighted by molar-refractivity contribution is 6.44. The van der Waals surface area contributed by atoms with Crippen molar-refractivity contribution in [2.45, 2.75) is 6.61 Å². The number of carbonyl (C=O) groups is 1. The van der Waals surface area contributed by atoms with Crippen LogP contribution in [0.3, 0.4) is 0 Å². The van der Waals surface area contributed by atoms with Crippen LogP contribution in [0.5, 0.6) is 11.5 Å². The van der Waals surface area contributed by atoms with Gasteiger partial charge in [0.1, 0.15) is 18.2 Å². The highest BCUT2D eigenvalue weighted by atomic mass is 35.5. The standard InChI is InChI=1S/C24H18Cl2N2O3/c1-30-22-13-17(10-11-21(22)31-15-16-6-3-2-4-7-16)12-18(14-27)24(29)28-20-9-5-8-19(25)23(20)26/h2-13H,15H2,1H3,(H,28,29)/b18-12+. The minimum absolute atomic E-state index is 0.101. The smallest absolute Gasteiger partial charge is 0.266 e. The Bertz CT molecular complexity index is 1160. The zero-order valence-electron chi connectivity index (χ0n) is 16.6. The van der Waals surface area contributed by atoms with Gasteiger partial charge in [-0.15, -0.1) is 0 Å². The summed E-state index contributed by atoms with van der Waals surface area (Å²) < 4.78 is 11.2. The van der Waals surface area contributed by atoms with Gasteiger partial charge in [-0.2, -0.15) is 5.26 Å². The maximum atomic E-state index is 12.5. The molecule has 31 heavy (non-hydrogen) atoms. The van der Waals surface area contributed by atoms with Crippen LogP contribution in [0.15, 0.2) is 72.3 Å². The third-order valence-electron chi connectivity index (χ3n) is 4.30. The molecule has 7 heteroatoms. The second-order valence-corrected chi connectivity index (χ2v) is 7.20. The molecule has 3 rings (SSSR count). The van der Waals surface area contributed by atoms with Crippen molar-refractivity contribution in [1.29, 1.82) is 5.26 Å². The van der Waals surface area contributed by atoms with E-state index in [1.54, 1.807) is 36.4 Å². The number of nitriles is 1. The number of benzene rings is 3. The van der Waals surface area contributed by atoms with E-state index in [4.69, 9.17) is 32.7 Å². The van der Waals surface area contributed by atoms with Crippen molar-refractivity contribution in [3.63, 3.8) is 0 Å². The Morgan fingerprint density at radius 2 is 1.84 bits per heavy atom. The van der Waals surface area contributed by atoms with E-state index in [0.29, 0.717) is 34.4 Å². The first kappa shape index (κ1) is 22.2. The maximum Gasteiger partial charge on any atom is 0.266 e. The van der Waals surface area contributed by atoms with Crippen molar-refractivity contribution in [3.8, 4) is 17.6 Å². The molecular weight excluding hydrogens is 435 g/mol. The number of nitrogens with one attached hydrogen (secondary N) is 1. The van der Waals surface area contributed by atoms with Crippen LogP contribution in [0.2, 0.25) is 10.0 Å². The molecule has 5 nitrogen and oxygen atoms in total. The summed E-state index contributed by atoms with van der Waals surface area (Å²) in [6, 6.07) is 21.7. The van der Waals surface area contributed by atoms with E-state index in [2.05, 4.69) is 5.32 Å². The summed E-state index contributed by atoms with van der Waals surface area (Å²) in [6.45, 7) is 0.388. The van der Waals surface area contributed by atoms with Gasteiger partial charge >= 0.3 is 0 Å². The Kier molecular flexibility index (Phi) is 7.55. The number of hydrogen-bond donors (Lipinski definition) is 1. The quantitative estimate of drug-likeness (QED) is 0.345. The molecule has 0 saturated heterocycles. The minimum Gasteiger partial charge on any atom is -0.493 e. The Hall–Kier alpha value is -3.46. The van der Waals surface area contributed by atoms with Crippen LogP contribution in [0.25, 0.3) is 6.08 Å². The van der Waals surface area contributed by atoms with E-state index >= 15 is 0 Å². The van der Waals surface area contributed by atoms with E-state index < -0.39 is 5.91 Å². The van der Waals surface area contributed by atoms with Crippen molar-refractivity contribution < 1.29 is 14.3 Å². The van der Waals surface area contributed by atoms with Gasteiger partial charge in [-0.05, 0) is 41.5 Å². The molecule has 0 heterocycles. The second-order valence-electron chi connectivity index (χ2n) is 6.41. The average Bonchev–Trinajstić information content (AvgIpc) is 2.80. The van der Waals surface area contributed by atoms with Crippen molar-refractivity contribution in [2.24, 2.45) is 0 Å². The van der Waals surface area contributed by atoms with Crippen molar-refractivity contribution in [2.75, 3.05) is 12.4 Å². The van der Waals surface area contributed by atoms with Gasteiger partial charge in [-0.25, -0.2) is 0 Å². The number of methoxy groups -OCH3 is 1. The molecule has 0 saturated carbocycles. The molecule has 1 N–H and O–H groups in total. The summed E-state index contributed by atoms with van der Waals surface area (Å²) in [4.78, 5) is 12.5. The van der Waals surface area contributed by atoms with Crippen LogP contribution in [0, 0.1) is 11.3 Å². The Morgan fingerprint density at radius 1 is 1.06 bits per heavy atom. The molecule has 1 amide bonds. The third-order valence-corrected chi connectivity index (χ3v) is 5.12. The van der Waals surface area contributed by atoms with Gasteiger partial charge in [0.2, 0.25) is 0 Å². The zero-order chi connectivity index (χ0) is 22.2. The molecule has 0 aliphatic rings. The van der Waals surface area contributed by atoms with Crippen LogP contribution in [-0.4, -0.2) is 13.0 Å². The summed E-state index contributed by atoms with van der Waals surface area (Å²) in [6.07, 6.45) is 1.46. The number of anilines is 1. The fourth-order valence-corrected chi connectivity index (χ4v) is 3.08. The first-order valence-corrected chi connectivity index (χ1v) is 9.99. The molecule has 0 fully saturated rings. The number of hydrogen-bond acceptors (Lipinski definition) is 4. The molecule has 0 spiro atoms. The Balaban J connectivity index is 1.77. The Morgan fingerprint density at radius 3 is 2.55 bits per heavy atom. The monoisotopic (exact) mass is 452 g/mol. The molecular formula is C24H18Cl2N2O3. The van der Waals surface area contributed by atoms with Crippen molar-refractivity contribution in [3.05, 3.63) is 93.5 Å². The summed E-state index contributed by atoms with van der Waals surface area (Å²) in [5.74, 6) is 0.437. The molecule has 0 aromatic heterocycles. The lowest BCUT2D eigenvalue weighted by atomic mass is 10.1. The predicted octanol–water partition coefficient (Wildman–Crippen LogP) is 6.13. The SMILES string of the molecule is COc1cc(/C=C(\C#N)C(=O)Nc2cccc(Cl)c2Cl)ccc1OCc1ccccc1. The number of nitrogens with zero attached hydrogens (tertiary/aromatic N) is 1. The highest BCUT2D eigenvalue weighted by Gasteiger charge is 2.14. The first-order valence-electron chi connectivity index (χ1n) is 9.23. The fraction of sp³-hybridized carbons (Fsp3) is 0.0833. The summed E-state index contributed by atoms with van der Waals surface area (Å²) in [5.41, 5.74) is 1.85. The van der Waals surface area contributed by atoms with E-state index in [1.807, 2.05) is 36.4 Å². The van der Waals surface area contributed by atoms with Crippen LogP contribution >= 0.6 is 23.2 Å². The molecule has 3 aromatic carbocycles.